The van der Waals surface area contributed by atoms with Crippen LogP contribution in [-0.2, 0) is 5.79 Å². The van der Waals surface area contributed by atoms with Gasteiger partial charge >= 0.3 is 6.18 Å². The maximum atomic E-state index is 15.0. The number of rotatable bonds is 3. The Morgan fingerprint density at radius 1 is 1.33 bits per heavy atom. The summed E-state index contributed by atoms with van der Waals surface area (Å²) < 4.78 is 55.8. The number of alkyl halides is 4. The highest BCUT2D eigenvalue weighted by Gasteiger charge is 2.44. The van der Waals surface area contributed by atoms with Gasteiger partial charge in [-0.1, -0.05) is 18.0 Å². The van der Waals surface area contributed by atoms with Crippen molar-refractivity contribution in [3.05, 3.63) is 28.7 Å². The fourth-order valence-electron chi connectivity index (χ4n) is 4.17. The number of likely N-dealkylation sites (N-methyl/N-ethyl adjacent to an activating group) is 1. The summed E-state index contributed by atoms with van der Waals surface area (Å²) in [5.74, 6) is -2.19. The summed E-state index contributed by atoms with van der Waals surface area (Å²) in [5, 5.41) is 9.14. The quantitative estimate of drug-likeness (QED) is 0.617. The average molecular weight is 450 g/mol. The first kappa shape index (κ1) is 21.4. The van der Waals surface area contributed by atoms with Crippen LogP contribution in [0.3, 0.4) is 0 Å². The fraction of sp³-hybridized carbons (Fsp3) is 0.667. The first-order chi connectivity index (χ1) is 14.1. The Morgan fingerprint density at radius 2 is 2.07 bits per heavy atom. The Balaban J connectivity index is 1.56. The van der Waals surface area contributed by atoms with E-state index in [1.165, 1.54) is 24.3 Å². The van der Waals surface area contributed by atoms with Gasteiger partial charge in [-0.2, -0.15) is 18.3 Å². The van der Waals surface area contributed by atoms with E-state index in [4.69, 9.17) is 17.3 Å². The van der Waals surface area contributed by atoms with Gasteiger partial charge in [-0.3, -0.25) is 10.6 Å². The van der Waals surface area contributed by atoms with E-state index >= 15 is 0 Å². The maximum absolute atomic E-state index is 15.0. The van der Waals surface area contributed by atoms with Crippen molar-refractivity contribution < 1.29 is 17.6 Å². The van der Waals surface area contributed by atoms with Crippen LogP contribution < -0.4 is 16.4 Å². The van der Waals surface area contributed by atoms with Crippen LogP contribution in [0.25, 0.3) is 0 Å². The predicted octanol–water partition coefficient (Wildman–Crippen LogP) is 2.41. The third-order valence-corrected chi connectivity index (χ3v) is 6.49. The van der Waals surface area contributed by atoms with E-state index in [-0.39, 0.29) is 10.7 Å². The average Bonchev–Trinajstić information content (AvgIpc) is 3.01. The molecule has 1 aliphatic carbocycles. The number of hydrogen-bond donors (Lipinski definition) is 3. The maximum Gasteiger partial charge on any atom is 0.421 e. The summed E-state index contributed by atoms with van der Waals surface area (Å²) in [6.45, 7) is 1.06. The molecule has 0 radical (unpaired) electrons. The molecular weight excluding hydrogens is 426 g/mol. The van der Waals surface area contributed by atoms with E-state index in [1.807, 2.05) is 0 Å². The van der Waals surface area contributed by atoms with Crippen molar-refractivity contribution in [2.24, 2.45) is 10.7 Å². The van der Waals surface area contributed by atoms with E-state index in [9.17, 15) is 17.6 Å². The molecule has 0 bridgehead atoms. The summed E-state index contributed by atoms with van der Waals surface area (Å²) >= 11 is 6.47. The van der Waals surface area contributed by atoms with E-state index < -0.39 is 35.6 Å². The lowest BCUT2D eigenvalue weighted by Gasteiger charge is -2.43. The number of nitrogens with two attached hydrogens (primary N) is 1. The summed E-state index contributed by atoms with van der Waals surface area (Å²) in [6.07, 6.45) is 0.222. The number of amidine groups is 1. The molecular formula is C18H24ClF4N7. The van der Waals surface area contributed by atoms with Crippen LogP contribution in [-0.4, -0.2) is 59.0 Å². The lowest BCUT2D eigenvalue weighted by atomic mass is 9.89. The summed E-state index contributed by atoms with van der Waals surface area (Å²) in [5.41, 5.74) is 5.41. The van der Waals surface area contributed by atoms with E-state index in [2.05, 4.69) is 25.6 Å². The van der Waals surface area contributed by atoms with Gasteiger partial charge in [-0.25, -0.2) is 14.1 Å². The Hall–Kier alpha value is -1.85. The minimum absolute atomic E-state index is 0.0535. The molecule has 1 saturated heterocycles. The zero-order valence-corrected chi connectivity index (χ0v) is 17.1. The lowest BCUT2D eigenvalue weighted by molar-refractivity contribution is -0.0872. The highest BCUT2D eigenvalue weighted by molar-refractivity contribution is 6.30. The van der Waals surface area contributed by atoms with Gasteiger partial charge in [0.15, 0.2) is 0 Å². The van der Waals surface area contributed by atoms with E-state index in [1.54, 1.807) is 0 Å². The van der Waals surface area contributed by atoms with Crippen LogP contribution in [0.15, 0.2) is 23.0 Å². The third-order valence-electron chi connectivity index (χ3n) is 6.11. The second kappa shape index (κ2) is 7.69. The fourth-order valence-corrected chi connectivity index (χ4v) is 4.53. The minimum Gasteiger partial charge on any atom is -0.373 e. The number of nitrogens with one attached hydrogen (secondary N) is 2. The zero-order chi connectivity index (χ0) is 21.7. The van der Waals surface area contributed by atoms with Crippen molar-refractivity contribution in [2.45, 2.75) is 55.9 Å². The summed E-state index contributed by atoms with van der Waals surface area (Å²) in [4.78, 5) is 6.16. The van der Waals surface area contributed by atoms with Gasteiger partial charge < -0.3 is 10.6 Å². The van der Waals surface area contributed by atoms with Gasteiger partial charge in [0.1, 0.15) is 22.7 Å². The van der Waals surface area contributed by atoms with Gasteiger partial charge in [-0.05, 0) is 19.3 Å². The number of aliphatic imine (C=N–C) groups is 1. The molecule has 3 aliphatic rings. The van der Waals surface area contributed by atoms with E-state index in [0.717, 1.165) is 25.6 Å². The molecule has 1 aromatic heterocycles. The molecule has 3 atom stereocenters. The molecule has 166 valence electrons. The Morgan fingerprint density at radius 3 is 2.63 bits per heavy atom. The number of piperidine rings is 1. The van der Waals surface area contributed by atoms with E-state index in [0.29, 0.717) is 19.0 Å². The van der Waals surface area contributed by atoms with Crippen LogP contribution in [0, 0.1) is 0 Å². The molecule has 0 aromatic carbocycles. The molecule has 4 rings (SSSR count). The molecule has 1 aromatic rings. The smallest absolute Gasteiger partial charge is 0.373 e. The molecule has 2 aliphatic heterocycles. The zero-order valence-electron chi connectivity index (χ0n) is 16.4. The monoisotopic (exact) mass is 449 g/mol. The number of aromatic nitrogens is 2. The topological polar surface area (TPSA) is 83.5 Å². The number of nitrogens with zero attached hydrogens (tertiary/aromatic N) is 4. The Bertz CT molecular complexity index is 863. The van der Waals surface area contributed by atoms with Crippen molar-refractivity contribution in [1.82, 2.24) is 25.3 Å². The molecule has 4 N–H and O–H groups in total. The highest BCUT2D eigenvalue weighted by atomic mass is 35.5. The first-order valence-corrected chi connectivity index (χ1v) is 10.3. The lowest BCUT2D eigenvalue weighted by Crippen LogP contribution is -2.52. The summed E-state index contributed by atoms with van der Waals surface area (Å²) in [6, 6.07) is -0.112. The molecule has 0 amide bonds. The SMILES string of the molecule is CNC1=NC(N)(c2cnn([C@@H]3CCN(C4CCC4)C[C@H]3F)c2Cl)NC=C1C(F)(F)F. The third kappa shape index (κ3) is 3.67. The largest absolute Gasteiger partial charge is 0.421 e. The highest BCUT2D eigenvalue weighted by Crippen LogP contribution is 2.37. The molecule has 12 heteroatoms. The van der Waals surface area contributed by atoms with Gasteiger partial charge in [0.05, 0.1) is 17.8 Å². The van der Waals surface area contributed by atoms with Crippen LogP contribution in [0.5, 0.6) is 0 Å². The second-order valence-corrected chi connectivity index (χ2v) is 8.28. The standard InChI is InChI=1S/C18H24ClF4N7/c1-25-16-12(17(21,22)23)7-26-18(24,28-16)11-8-27-30(15(11)19)14-5-6-29(9-13(14)20)10-3-2-4-10/h7-8,10,13-14,26H,2-6,9,24H2,1H3,(H,25,28)/t13-,14-,18?/m1/s1. The molecule has 7 nitrogen and oxygen atoms in total. The first-order valence-electron chi connectivity index (χ1n) is 9.87. The minimum atomic E-state index is -4.61. The van der Waals surface area contributed by atoms with Crippen LogP contribution in [0.2, 0.25) is 5.15 Å². The van der Waals surface area contributed by atoms with Crippen molar-refractivity contribution in [1.29, 1.82) is 0 Å². The van der Waals surface area contributed by atoms with Gasteiger partial charge in [0, 0.05) is 32.4 Å². The molecule has 0 spiro atoms. The van der Waals surface area contributed by atoms with Gasteiger partial charge in [-0.15, -0.1) is 0 Å². The van der Waals surface area contributed by atoms with Gasteiger partial charge in [0.2, 0.25) is 5.79 Å². The number of likely N-dealkylation sites (tertiary alicyclic amines) is 1. The van der Waals surface area contributed by atoms with Gasteiger partial charge in [0.25, 0.3) is 0 Å². The molecule has 30 heavy (non-hydrogen) atoms. The summed E-state index contributed by atoms with van der Waals surface area (Å²) in [7, 11) is 1.32. The Labute approximate surface area is 176 Å². The molecule has 1 unspecified atom stereocenters. The van der Waals surface area contributed by atoms with Crippen molar-refractivity contribution in [2.75, 3.05) is 20.1 Å². The Kier molecular flexibility index (Phi) is 5.48. The van der Waals surface area contributed by atoms with Crippen LogP contribution in [0.4, 0.5) is 17.6 Å². The molecule has 3 heterocycles. The number of halogens is 5. The van der Waals surface area contributed by atoms with Crippen molar-refractivity contribution in [3.8, 4) is 0 Å². The van der Waals surface area contributed by atoms with Crippen LogP contribution >= 0.6 is 11.6 Å². The molecule has 2 fully saturated rings. The molecule has 1 saturated carbocycles. The van der Waals surface area contributed by atoms with Crippen molar-refractivity contribution >= 4 is 17.4 Å². The van der Waals surface area contributed by atoms with Crippen LogP contribution in [0.1, 0.15) is 37.3 Å². The predicted molar refractivity (Wildman–Crippen MR) is 105 cm³/mol. The second-order valence-electron chi connectivity index (χ2n) is 7.92. The number of hydrogen-bond acceptors (Lipinski definition) is 6. The van der Waals surface area contributed by atoms with Crippen molar-refractivity contribution in [3.63, 3.8) is 0 Å². The normalized spacial score (nSPS) is 30.9.